The van der Waals surface area contributed by atoms with Crippen molar-refractivity contribution in [1.29, 1.82) is 0 Å². The summed E-state index contributed by atoms with van der Waals surface area (Å²) >= 11 is 0. The molecule has 2 unspecified atom stereocenters. The number of alkyl carbamates (subject to hydrolysis) is 1. The molecule has 3 aliphatic rings. The van der Waals surface area contributed by atoms with Crippen LogP contribution in [-0.4, -0.2) is 79.1 Å². The molecule has 0 aromatic heterocycles. The molecule has 4 amide bonds. The van der Waals surface area contributed by atoms with E-state index in [0.717, 1.165) is 56.9 Å². The number of nitrogens with zero attached hydrogens (tertiary/aromatic N) is 1. The molecule has 3 fully saturated rings. The molecular formula is C37H56N4O8S. The summed E-state index contributed by atoms with van der Waals surface area (Å²) in [5.41, 5.74) is 0.117. The normalized spacial score (nSPS) is 21.5. The average Bonchev–Trinajstić information content (AvgIpc) is 3.49. The molecule has 1 heterocycles. The van der Waals surface area contributed by atoms with Crippen LogP contribution in [0.2, 0.25) is 0 Å². The average molecular weight is 717 g/mol. The van der Waals surface area contributed by atoms with Crippen molar-refractivity contribution in [2.45, 2.75) is 134 Å². The van der Waals surface area contributed by atoms with E-state index in [1.54, 1.807) is 32.9 Å². The number of ether oxygens (including phenoxy) is 1. The Kier molecular flexibility index (Phi) is 13.1. The maximum absolute atomic E-state index is 14.4. The number of sulfone groups is 1. The van der Waals surface area contributed by atoms with E-state index in [2.05, 4.69) is 16.0 Å². The summed E-state index contributed by atoms with van der Waals surface area (Å²) in [4.78, 5) is 69.9. The van der Waals surface area contributed by atoms with Crippen molar-refractivity contribution < 1.29 is 37.1 Å². The summed E-state index contributed by atoms with van der Waals surface area (Å²) < 4.78 is 31.2. The van der Waals surface area contributed by atoms with Gasteiger partial charge in [0.25, 0.3) is 5.91 Å². The van der Waals surface area contributed by atoms with Crippen LogP contribution in [0.3, 0.4) is 0 Å². The van der Waals surface area contributed by atoms with E-state index in [-0.39, 0.29) is 40.9 Å². The standard InChI is InChI=1S/C37H56N4O8S/c1-23(2)28-19-20-41(35(45)30(26-13-8-7-9-14-26)40-36(46)49-37(4,5)6)31(28)33(43)39-29(21-25-11-10-12-25)32(42)34(44)38-22-50(47,48)27-17-15-24(3)16-18-27/h15-18,23,25-26,28-31H,7-14,19-22H2,1-6H3,(H,38,44)(H,39,43)(H,40,46)/t28?,29?,30-,31-/m0/s1. The molecule has 4 rings (SSSR count). The number of amides is 4. The van der Waals surface area contributed by atoms with Gasteiger partial charge in [0.1, 0.15) is 23.6 Å². The lowest BCUT2D eigenvalue weighted by atomic mass is 9.80. The number of aryl methyl sites for hydroxylation is 1. The summed E-state index contributed by atoms with van der Waals surface area (Å²) in [5, 5.41) is 7.93. The number of ketones is 1. The highest BCUT2D eigenvalue weighted by molar-refractivity contribution is 7.91. The van der Waals surface area contributed by atoms with Gasteiger partial charge in [0.05, 0.1) is 10.9 Å². The summed E-state index contributed by atoms with van der Waals surface area (Å²) in [6, 6.07) is 3.21. The molecule has 1 aromatic carbocycles. The lowest BCUT2D eigenvalue weighted by Crippen LogP contribution is -2.59. The number of Topliss-reactive ketones (excluding diaryl/α,β-unsaturated/α-hetero) is 1. The lowest BCUT2D eigenvalue weighted by molar-refractivity contribution is -0.144. The Bertz CT molecular complexity index is 1490. The van der Waals surface area contributed by atoms with Gasteiger partial charge in [-0.3, -0.25) is 19.2 Å². The number of likely N-dealkylation sites (tertiary alicyclic amines) is 1. The number of hydrogen-bond donors (Lipinski definition) is 3. The van der Waals surface area contributed by atoms with Crippen LogP contribution in [0, 0.1) is 30.6 Å². The van der Waals surface area contributed by atoms with Crippen molar-refractivity contribution in [1.82, 2.24) is 20.9 Å². The van der Waals surface area contributed by atoms with Crippen molar-refractivity contribution in [3.63, 3.8) is 0 Å². The van der Waals surface area contributed by atoms with E-state index >= 15 is 0 Å². The second-order valence-corrected chi connectivity index (χ2v) is 17.7. The van der Waals surface area contributed by atoms with Crippen LogP contribution in [-0.2, 0) is 33.8 Å². The van der Waals surface area contributed by atoms with E-state index in [4.69, 9.17) is 4.74 Å². The number of rotatable bonds is 13. The van der Waals surface area contributed by atoms with Crippen LogP contribution in [0.4, 0.5) is 4.79 Å². The molecule has 0 radical (unpaired) electrons. The van der Waals surface area contributed by atoms with Gasteiger partial charge in [-0.2, -0.15) is 0 Å². The van der Waals surface area contributed by atoms with Gasteiger partial charge >= 0.3 is 6.09 Å². The molecule has 1 saturated heterocycles. The molecule has 50 heavy (non-hydrogen) atoms. The van der Waals surface area contributed by atoms with E-state index < -0.39 is 63.1 Å². The molecule has 1 aliphatic heterocycles. The van der Waals surface area contributed by atoms with Crippen LogP contribution in [0.15, 0.2) is 29.2 Å². The predicted octanol–water partition coefficient (Wildman–Crippen LogP) is 4.43. The van der Waals surface area contributed by atoms with Gasteiger partial charge in [0, 0.05) is 6.54 Å². The van der Waals surface area contributed by atoms with Crippen molar-refractivity contribution in [3.05, 3.63) is 29.8 Å². The Morgan fingerprint density at radius 1 is 0.900 bits per heavy atom. The fourth-order valence-corrected chi connectivity index (χ4v) is 8.38. The zero-order valence-corrected chi connectivity index (χ0v) is 31.3. The Hall–Kier alpha value is -3.48. The number of carbonyl (C=O) groups excluding carboxylic acids is 5. The minimum absolute atomic E-state index is 0.0200. The highest BCUT2D eigenvalue weighted by Gasteiger charge is 2.47. The van der Waals surface area contributed by atoms with Crippen molar-refractivity contribution in [2.24, 2.45) is 23.7 Å². The van der Waals surface area contributed by atoms with Gasteiger partial charge in [0.2, 0.25) is 17.6 Å². The zero-order valence-electron chi connectivity index (χ0n) is 30.5. The monoisotopic (exact) mass is 716 g/mol. The molecule has 2 saturated carbocycles. The van der Waals surface area contributed by atoms with Gasteiger partial charge < -0.3 is 25.6 Å². The number of hydrogen-bond acceptors (Lipinski definition) is 8. The predicted molar refractivity (Wildman–Crippen MR) is 188 cm³/mol. The van der Waals surface area contributed by atoms with Crippen LogP contribution < -0.4 is 16.0 Å². The summed E-state index contributed by atoms with van der Waals surface area (Å²) in [6.45, 7) is 11.4. The minimum atomic E-state index is -3.91. The molecule has 0 bridgehead atoms. The first kappa shape index (κ1) is 39.3. The highest BCUT2D eigenvalue weighted by atomic mass is 32.2. The van der Waals surface area contributed by atoms with E-state index in [0.29, 0.717) is 13.0 Å². The molecule has 2 aliphatic carbocycles. The largest absolute Gasteiger partial charge is 0.444 e. The van der Waals surface area contributed by atoms with Gasteiger partial charge in [-0.1, -0.05) is 70.1 Å². The van der Waals surface area contributed by atoms with Gasteiger partial charge in [-0.05, 0) is 89.2 Å². The third-order valence-corrected chi connectivity index (χ3v) is 11.9. The quantitative estimate of drug-likeness (QED) is 0.252. The number of carbonyl (C=O) groups is 5. The van der Waals surface area contributed by atoms with Crippen LogP contribution in [0.5, 0.6) is 0 Å². The van der Waals surface area contributed by atoms with Crippen LogP contribution in [0.25, 0.3) is 0 Å². The van der Waals surface area contributed by atoms with Crippen molar-refractivity contribution >= 4 is 39.4 Å². The maximum atomic E-state index is 14.4. The minimum Gasteiger partial charge on any atom is -0.444 e. The Morgan fingerprint density at radius 2 is 1.54 bits per heavy atom. The molecule has 278 valence electrons. The number of nitrogens with one attached hydrogen (secondary N) is 3. The third-order valence-electron chi connectivity index (χ3n) is 10.4. The zero-order chi connectivity index (χ0) is 36.8. The molecule has 0 spiro atoms. The maximum Gasteiger partial charge on any atom is 0.408 e. The summed E-state index contributed by atoms with van der Waals surface area (Å²) in [5.74, 6) is -3.86. The van der Waals surface area contributed by atoms with Gasteiger partial charge in [0.15, 0.2) is 9.84 Å². The SMILES string of the molecule is Cc1ccc(S(=O)(=O)CNC(=O)C(=O)C(CC2CCC2)NC(=O)[C@@H]2C(C(C)C)CCN2C(=O)[C@@H](NC(=O)OC(C)(C)C)C2CCCCC2)cc1. The first-order valence-electron chi connectivity index (χ1n) is 18.2. The Morgan fingerprint density at radius 3 is 2.10 bits per heavy atom. The van der Waals surface area contributed by atoms with E-state index in [1.807, 2.05) is 20.8 Å². The first-order valence-corrected chi connectivity index (χ1v) is 19.8. The van der Waals surface area contributed by atoms with Crippen molar-refractivity contribution in [2.75, 3.05) is 12.4 Å². The molecule has 1 aromatic rings. The Balaban J connectivity index is 1.53. The van der Waals surface area contributed by atoms with Crippen molar-refractivity contribution in [3.8, 4) is 0 Å². The molecule has 4 atom stereocenters. The third kappa shape index (κ3) is 10.3. The number of benzene rings is 1. The van der Waals surface area contributed by atoms with Crippen LogP contribution in [0.1, 0.15) is 104 Å². The van der Waals surface area contributed by atoms with E-state index in [9.17, 15) is 32.4 Å². The smallest absolute Gasteiger partial charge is 0.408 e. The molecular weight excluding hydrogens is 660 g/mol. The van der Waals surface area contributed by atoms with Gasteiger partial charge in [-0.25, -0.2) is 13.2 Å². The molecule has 12 nitrogen and oxygen atoms in total. The van der Waals surface area contributed by atoms with Crippen LogP contribution >= 0.6 is 0 Å². The van der Waals surface area contributed by atoms with E-state index in [1.165, 1.54) is 17.0 Å². The lowest BCUT2D eigenvalue weighted by Gasteiger charge is -2.37. The molecule has 3 N–H and O–H groups in total. The fourth-order valence-electron chi connectivity index (χ4n) is 7.34. The highest BCUT2D eigenvalue weighted by Crippen LogP contribution is 2.35. The second kappa shape index (κ2) is 16.7. The van der Waals surface area contributed by atoms with Gasteiger partial charge in [-0.15, -0.1) is 0 Å². The molecule has 13 heteroatoms. The second-order valence-electron chi connectivity index (χ2n) is 15.7. The topological polar surface area (TPSA) is 168 Å². The Labute approximate surface area is 297 Å². The fraction of sp³-hybridized carbons (Fsp3) is 0.703. The summed E-state index contributed by atoms with van der Waals surface area (Å²) in [7, 11) is -3.91. The summed E-state index contributed by atoms with van der Waals surface area (Å²) in [6.07, 6.45) is 7.23. The first-order chi connectivity index (χ1) is 23.5.